The fourth-order valence-corrected chi connectivity index (χ4v) is 1.31. The standard InChI is InChI=1S/C13H28N2O3/c1-10(2)8-18-9-11(16)6-14-7-12(17)15-13(3,4)5/h10-11,14,16H,6-9H2,1-5H3,(H,15,17). The Kier molecular flexibility index (Phi) is 8.15. The van der Waals surface area contributed by atoms with E-state index in [1.165, 1.54) is 0 Å². The number of rotatable bonds is 8. The molecule has 1 unspecified atom stereocenters. The molecule has 5 heteroatoms. The molecule has 0 bridgehead atoms. The molecule has 5 nitrogen and oxygen atoms in total. The summed E-state index contributed by atoms with van der Waals surface area (Å²) in [5.74, 6) is 0.389. The third-order valence-electron chi connectivity index (χ3n) is 1.94. The second-order valence-corrected chi connectivity index (χ2v) is 6.01. The molecule has 0 rings (SSSR count). The van der Waals surface area contributed by atoms with E-state index in [2.05, 4.69) is 24.5 Å². The predicted molar refractivity (Wildman–Crippen MR) is 72.4 cm³/mol. The van der Waals surface area contributed by atoms with E-state index in [4.69, 9.17) is 4.74 Å². The Labute approximate surface area is 110 Å². The molecule has 1 atom stereocenters. The van der Waals surface area contributed by atoms with E-state index in [0.717, 1.165) is 0 Å². The Morgan fingerprint density at radius 3 is 2.39 bits per heavy atom. The Bertz CT molecular complexity index is 237. The summed E-state index contributed by atoms with van der Waals surface area (Å²) in [6.07, 6.45) is -0.578. The number of ether oxygens (including phenoxy) is 1. The van der Waals surface area contributed by atoms with Gasteiger partial charge in [-0.05, 0) is 26.7 Å². The topological polar surface area (TPSA) is 70.6 Å². The monoisotopic (exact) mass is 260 g/mol. The van der Waals surface area contributed by atoms with E-state index in [1.807, 2.05) is 20.8 Å². The molecule has 18 heavy (non-hydrogen) atoms. The van der Waals surface area contributed by atoms with E-state index < -0.39 is 6.10 Å². The molecule has 0 aromatic carbocycles. The fourth-order valence-electron chi connectivity index (χ4n) is 1.31. The molecular weight excluding hydrogens is 232 g/mol. The minimum atomic E-state index is -0.578. The molecule has 0 aliphatic heterocycles. The summed E-state index contributed by atoms with van der Waals surface area (Å²) < 4.78 is 5.30. The van der Waals surface area contributed by atoms with Gasteiger partial charge in [0.25, 0.3) is 0 Å². The minimum Gasteiger partial charge on any atom is -0.389 e. The molecule has 0 radical (unpaired) electrons. The van der Waals surface area contributed by atoms with Gasteiger partial charge in [-0.15, -0.1) is 0 Å². The number of hydrogen-bond donors (Lipinski definition) is 3. The summed E-state index contributed by atoms with van der Waals surface area (Å²) in [6, 6.07) is 0. The highest BCUT2D eigenvalue weighted by atomic mass is 16.5. The van der Waals surface area contributed by atoms with Crippen molar-refractivity contribution in [1.29, 1.82) is 0 Å². The second kappa shape index (κ2) is 8.45. The maximum Gasteiger partial charge on any atom is 0.234 e. The van der Waals surface area contributed by atoms with Gasteiger partial charge in [-0.3, -0.25) is 4.79 Å². The first-order valence-corrected chi connectivity index (χ1v) is 6.48. The Balaban J connectivity index is 3.56. The van der Waals surface area contributed by atoms with Gasteiger partial charge in [0.2, 0.25) is 5.91 Å². The van der Waals surface area contributed by atoms with Crippen LogP contribution in [0.25, 0.3) is 0 Å². The van der Waals surface area contributed by atoms with Crippen LogP contribution < -0.4 is 10.6 Å². The Morgan fingerprint density at radius 2 is 1.89 bits per heavy atom. The van der Waals surface area contributed by atoms with Crippen LogP contribution in [0.5, 0.6) is 0 Å². The van der Waals surface area contributed by atoms with Gasteiger partial charge in [0.05, 0.1) is 19.3 Å². The normalized spacial score (nSPS) is 13.7. The van der Waals surface area contributed by atoms with Crippen molar-refractivity contribution in [2.24, 2.45) is 5.92 Å². The number of aliphatic hydroxyl groups is 1. The van der Waals surface area contributed by atoms with Gasteiger partial charge >= 0.3 is 0 Å². The van der Waals surface area contributed by atoms with Crippen molar-refractivity contribution < 1.29 is 14.6 Å². The lowest BCUT2D eigenvalue weighted by atomic mass is 10.1. The summed E-state index contributed by atoms with van der Waals surface area (Å²) in [6.45, 7) is 11.4. The summed E-state index contributed by atoms with van der Waals surface area (Å²) in [7, 11) is 0. The number of carbonyl (C=O) groups is 1. The fraction of sp³-hybridized carbons (Fsp3) is 0.923. The lowest BCUT2D eigenvalue weighted by molar-refractivity contribution is -0.121. The van der Waals surface area contributed by atoms with E-state index in [1.54, 1.807) is 0 Å². The zero-order chi connectivity index (χ0) is 14.2. The molecule has 0 saturated heterocycles. The summed E-state index contributed by atoms with van der Waals surface area (Å²) in [5, 5.41) is 15.3. The first kappa shape index (κ1) is 17.4. The average Bonchev–Trinajstić information content (AvgIpc) is 2.13. The smallest absolute Gasteiger partial charge is 0.234 e. The van der Waals surface area contributed by atoms with Gasteiger partial charge in [-0.2, -0.15) is 0 Å². The SMILES string of the molecule is CC(C)COCC(O)CNCC(=O)NC(C)(C)C. The average molecular weight is 260 g/mol. The van der Waals surface area contributed by atoms with Gasteiger partial charge in [0.15, 0.2) is 0 Å². The molecule has 3 N–H and O–H groups in total. The van der Waals surface area contributed by atoms with Crippen molar-refractivity contribution in [3.8, 4) is 0 Å². The lowest BCUT2D eigenvalue weighted by Crippen LogP contribution is -2.46. The zero-order valence-corrected chi connectivity index (χ0v) is 12.2. The molecule has 1 amide bonds. The number of hydrogen-bond acceptors (Lipinski definition) is 4. The highest BCUT2D eigenvalue weighted by molar-refractivity contribution is 5.78. The van der Waals surface area contributed by atoms with Crippen molar-refractivity contribution in [2.45, 2.75) is 46.3 Å². The first-order valence-electron chi connectivity index (χ1n) is 6.48. The lowest BCUT2D eigenvalue weighted by Gasteiger charge is -2.21. The largest absolute Gasteiger partial charge is 0.389 e. The molecule has 0 spiro atoms. The van der Waals surface area contributed by atoms with E-state index in [9.17, 15) is 9.90 Å². The van der Waals surface area contributed by atoms with Crippen LogP contribution in [0.3, 0.4) is 0 Å². The highest BCUT2D eigenvalue weighted by Gasteiger charge is 2.13. The van der Waals surface area contributed by atoms with Gasteiger partial charge in [0, 0.05) is 18.7 Å². The van der Waals surface area contributed by atoms with Crippen LogP contribution in [0.1, 0.15) is 34.6 Å². The predicted octanol–water partition coefficient (Wildman–Crippen LogP) is 0.524. The number of nitrogens with one attached hydrogen (secondary N) is 2. The Morgan fingerprint density at radius 1 is 1.28 bits per heavy atom. The number of amides is 1. The summed E-state index contributed by atoms with van der Waals surface area (Å²) >= 11 is 0. The maximum atomic E-state index is 11.5. The summed E-state index contributed by atoms with van der Waals surface area (Å²) in [4.78, 5) is 11.5. The molecule has 108 valence electrons. The van der Waals surface area contributed by atoms with Gasteiger partial charge < -0.3 is 20.5 Å². The molecule has 0 fully saturated rings. The van der Waals surface area contributed by atoms with Crippen molar-refractivity contribution >= 4 is 5.91 Å². The number of aliphatic hydroxyl groups excluding tert-OH is 1. The van der Waals surface area contributed by atoms with Crippen LogP contribution in [0.4, 0.5) is 0 Å². The molecular formula is C13H28N2O3. The van der Waals surface area contributed by atoms with Crippen LogP contribution in [0.2, 0.25) is 0 Å². The molecule has 0 heterocycles. The maximum absolute atomic E-state index is 11.5. The van der Waals surface area contributed by atoms with E-state index in [-0.39, 0.29) is 18.0 Å². The molecule has 0 aliphatic carbocycles. The van der Waals surface area contributed by atoms with Gasteiger partial charge in [-0.1, -0.05) is 13.8 Å². The zero-order valence-electron chi connectivity index (χ0n) is 12.2. The van der Waals surface area contributed by atoms with Crippen molar-refractivity contribution in [1.82, 2.24) is 10.6 Å². The molecule has 0 aliphatic rings. The van der Waals surface area contributed by atoms with Crippen LogP contribution in [-0.4, -0.2) is 49.0 Å². The van der Waals surface area contributed by atoms with Crippen molar-refractivity contribution in [2.75, 3.05) is 26.3 Å². The third-order valence-corrected chi connectivity index (χ3v) is 1.94. The second-order valence-electron chi connectivity index (χ2n) is 6.01. The van der Waals surface area contributed by atoms with E-state index >= 15 is 0 Å². The summed E-state index contributed by atoms with van der Waals surface area (Å²) in [5.41, 5.74) is -0.224. The first-order chi connectivity index (χ1) is 8.20. The van der Waals surface area contributed by atoms with Gasteiger partial charge in [-0.25, -0.2) is 0 Å². The van der Waals surface area contributed by atoms with Crippen LogP contribution >= 0.6 is 0 Å². The van der Waals surface area contributed by atoms with Crippen LogP contribution in [0.15, 0.2) is 0 Å². The van der Waals surface area contributed by atoms with Gasteiger partial charge in [0.1, 0.15) is 0 Å². The van der Waals surface area contributed by atoms with Crippen LogP contribution in [0, 0.1) is 5.92 Å². The van der Waals surface area contributed by atoms with Crippen molar-refractivity contribution in [3.05, 3.63) is 0 Å². The van der Waals surface area contributed by atoms with Crippen LogP contribution in [-0.2, 0) is 9.53 Å². The quantitative estimate of drug-likeness (QED) is 0.595. The molecule has 0 aromatic rings. The highest BCUT2D eigenvalue weighted by Crippen LogP contribution is 1.97. The Hall–Kier alpha value is -0.650. The number of carbonyl (C=O) groups excluding carboxylic acids is 1. The molecule has 0 aromatic heterocycles. The van der Waals surface area contributed by atoms with E-state index in [0.29, 0.717) is 25.7 Å². The third kappa shape index (κ3) is 11.8. The minimum absolute atomic E-state index is 0.0715. The van der Waals surface area contributed by atoms with Crippen molar-refractivity contribution in [3.63, 3.8) is 0 Å². The molecule has 0 saturated carbocycles.